The summed E-state index contributed by atoms with van der Waals surface area (Å²) >= 11 is 0. The van der Waals surface area contributed by atoms with Gasteiger partial charge >= 0.3 is 0 Å². The van der Waals surface area contributed by atoms with Crippen LogP contribution in [0.5, 0.6) is 0 Å². The van der Waals surface area contributed by atoms with Crippen molar-refractivity contribution in [3.63, 3.8) is 0 Å². The molecule has 0 aliphatic carbocycles. The van der Waals surface area contributed by atoms with E-state index in [2.05, 4.69) is 37.1 Å². The van der Waals surface area contributed by atoms with Gasteiger partial charge in [-0.15, -0.1) is 0 Å². The van der Waals surface area contributed by atoms with Gasteiger partial charge in [-0.2, -0.15) is 0 Å². The number of pyridine rings is 1. The maximum Gasteiger partial charge on any atom is 0.151 e. The number of hydrogen-bond acceptors (Lipinski definition) is 3. The molecule has 0 aliphatic rings. The lowest BCUT2D eigenvalue weighted by Crippen LogP contribution is -2.21. The third-order valence-electron chi connectivity index (χ3n) is 2.02. The lowest BCUT2D eigenvalue weighted by Gasteiger charge is -2.22. The quantitative estimate of drug-likeness (QED) is 0.825. The monoisotopic (exact) mass is 207 g/mol. The van der Waals surface area contributed by atoms with Crippen molar-refractivity contribution in [3.8, 4) is 0 Å². The number of aromatic nitrogens is 1. The van der Waals surface area contributed by atoms with Crippen molar-refractivity contribution in [2.75, 3.05) is 30.9 Å². The van der Waals surface area contributed by atoms with Crippen LogP contribution in [0.1, 0.15) is 20.8 Å². The van der Waals surface area contributed by atoms with Crippen molar-refractivity contribution in [1.82, 2.24) is 4.98 Å². The van der Waals surface area contributed by atoms with Crippen molar-refractivity contribution >= 4 is 11.5 Å². The summed E-state index contributed by atoms with van der Waals surface area (Å²) in [5.74, 6) is 0.988. The van der Waals surface area contributed by atoms with E-state index < -0.39 is 0 Å². The van der Waals surface area contributed by atoms with Crippen molar-refractivity contribution in [1.29, 1.82) is 0 Å². The number of hydrogen-bond donors (Lipinski definition) is 1. The standard InChI is InChI=1S/C12H21N3/c1-12(2,3)9-14-10-7-6-8-13-11(10)15(4)5/h6-8,14H,9H2,1-5H3. The molecular formula is C12H21N3. The number of nitrogens with one attached hydrogen (secondary N) is 1. The lowest BCUT2D eigenvalue weighted by molar-refractivity contribution is 0.443. The van der Waals surface area contributed by atoms with E-state index in [0.29, 0.717) is 0 Å². The second-order valence-electron chi connectivity index (χ2n) is 5.18. The maximum atomic E-state index is 4.34. The highest BCUT2D eigenvalue weighted by molar-refractivity contribution is 5.64. The van der Waals surface area contributed by atoms with Gasteiger partial charge in [0.2, 0.25) is 0 Å². The van der Waals surface area contributed by atoms with E-state index in [1.807, 2.05) is 31.3 Å². The highest BCUT2D eigenvalue weighted by atomic mass is 15.2. The van der Waals surface area contributed by atoms with Crippen molar-refractivity contribution in [2.45, 2.75) is 20.8 Å². The van der Waals surface area contributed by atoms with Crippen LogP contribution in [0.25, 0.3) is 0 Å². The van der Waals surface area contributed by atoms with E-state index in [1.165, 1.54) is 0 Å². The van der Waals surface area contributed by atoms with E-state index in [1.54, 1.807) is 0 Å². The molecule has 0 radical (unpaired) electrons. The minimum atomic E-state index is 0.277. The molecule has 0 atom stereocenters. The second-order valence-corrected chi connectivity index (χ2v) is 5.18. The summed E-state index contributed by atoms with van der Waals surface area (Å²) in [7, 11) is 4.01. The van der Waals surface area contributed by atoms with Crippen molar-refractivity contribution in [3.05, 3.63) is 18.3 Å². The van der Waals surface area contributed by atoms with Crippen LogP contribution in [-0.4, -0.2) is 25.6 Å². The molecule has 0 spiro atoms. The van der Waals surface area contributed by atoms with Gasteiger partial charge in [0.05, 0.1) is 5.69 Å². The van der Waals surface area contributed by atoms with Gasteiger partial charge in [0, 0.05) is 26.8 Å². The molecule has 15 heavy (non-hydrogen) atoms. The average Bonchev–Trinajstić information content (AvgIpc) is 2.14. The zero-order valence-corrected chi connectivity index (χ0v) is 10.3. The van der Waals surface area contributed by atoms with Gasteiger partial charge in [-0.25, -0.2) is 4.98 Å². The molecule has 0 fully saturated rings. The molecule has 1 aromatic rings. The lowest BCUT2D eigenvalue weighted by atomic mass is 9.97. The Bertz CT molecular complexity index is 313. The summed E-state index contributed by atoms with van der Waals surface area (Å²) in [5.41, 5.74) is 1.37. The zero-order chi connectivity index (χ0) is 11.5. The third-order valence-corrected chi connectivity index (χ3v) is 2.02. The minimum absolute atomic E-state index is 0.277. The topological polar surface area (TPSA) is 28.2 Å². The van der Waals surface area contributed by atoms with Gasteiger partial charge < -0.3 is 10.2 Å². The van der Waals surface area contributed by atoms with E-state index in [0.717, 1.165) is 18.1 Å². The Hall–Kier alpha value is -1.25. The molecule has 3 heteroatoms. The van der Waals surface area contributed by atoms with Crippen LogP contribution in [-0.2, 0) is 0 Å². The highest BCUT2D eigenvalue weighted by Gasteiger charge is 2.11. The Morgan fingerprint density at radius 3 is 2.53 bits per heavy atom. The van der Waals surface area contributed by atoms with Crippen LogP contribution in [0.2, 0.25) is 0 Å². The first-order valence-electron chi connectivity index (χ1n) is 5.26. The molecule has 1 N–H and O–H groups in total. The van der Waals surface area contributed by atoms with Gasteiger partial charge in [0.15, 0.2) is 5.82 Å². The fourth-order valence-corrected chi connectivity index (χ4v) is 1.25. The zero-order valence-electron chi connectivity index (χ0n) is 10.3. The van der Waals surface area contributed by atoms with E-state index >= 15 is 0 Å². The summed E-state index contributed by atoms with van der Waals surface area (Å²) in [6, 6.07) is 4.02. The fraction of sp³-hybridized carbons (Fsp3) is 0.583. The first-order valence-corrected chi connectivity index (χ1v) is 5.26. The van der Waals surface area contributed by atoms with Crippen LogP contribution < -0.4 is 10.2 Å². The summed E-state index contributed by atoms with van der Waals surface area (Å²) < 4.78 is 0. The normalized spacial score (nSPS) is 11.3. The van der Waals surface area contributed by atoms with Gasteiger partial charge in [-0.1, -0.05) is 20.8 Å². The second kappa shape index (κ2) is 4.51. The van der Waals surface area contributed by atoms with Crippen molar-refractivity contribution < 1.29 is 0 Å². The first-order chi connectivity index (χ1) is 6.90. The predicted octanol–water partition coefficient (Wildman–Crippen LogP) is 2.61. The number of anilines is 2. The molecule has 0 bridgehead atoms. The Kier molecular flexibility index (Phi) is 3.56. The molecule has 0 unspecified atom stereocenters. The molecule has 0 aromatic carbocycles. The van der Waals surface area contributed by atoms with Gasteiger partial charge in [-0.3, -0.25) is 0 Å². The van der Waals surface area contributed by atoms with Crippen LogP contribution in [0.3, 0.4) is 0 Å². The van der Waals surface area contributed by atoms with E-state index in [9.17, 15) is 0 Å². The Labute approximate surface area is 92.5 Å². The molecule has 0 saturated carbocycles. The summed E-state index contributed by atoms with van der Waals surface area (Å²) in [6.45, 7) is 7.59. The molecule has 0 saturated heterocycles. The smallest absolute Gasteiger partial charge is 0.151 e. The highest BCUT2D eigenvalue weighted by Crippen LogP contribution is 2.22. The SMILES string of the molecule is CN(C)c1ncccc1NCC(C)(C)C. The molecule has 84 valence electrons. The Morgan fingerprint density at radius 1 is 1.33 bits per heavy atom. The number of nitrogens with zero attached hydrogens (tertiary/aromatic N) is 2. The van der Waals surface area contributed by atoms with Crippen LogP contribution >= 0.6 is 0 Å². The molecule has 1 aromatic heterocycles. The van der Waals surface area contributed by atoms with Gasteiger partial charge in [0.25, 0.3) is 0 Å². The van der Waals surface area contributed by atoms with Gasteiger partial charge in [0.1, 0.15) is 0 Å². The Balaban J connectivity index is 2.76. The molecule has 1 rings (SSSR count). The molecule has 0 aliphatic heterocycles. The first kappa shape index (κ1) is 11.8. The molecule has 3 nitrogen and oxygen atoms in total. The summed E-state index contributed by atoms with van der Waals surface area (Å²) in [6.07, 6.45) is 1.82. The molecule has 1 heterocycles. The average molecular weight is 207 g/mol. The van der Waals surface area contributed by atoms with Crippen LogP contribution in [0, 0.1) is 5.41 Å². The van der Waals surface area contributed by atoms with Crippen LogP contribution in [0.4, 0.5) is 11.5 Å². The maximum absolute atomic E-state index is 4.34. The summed E-state index contributed by atoms with van der Waals surface area (Å²) in [4.78, 5) is 6.36. The Morgan fingerprint density at radius 2 is 2.00 bits per heavy atom. The van der Waals surface area contributed by atoms with Crippen molar-refractivity contribution in [2.24, 2.45) is 5.41 Å². The van der Waals surface area contributed by atoms with Gasteiger partial charge in [-0.05, 0) is 17.5 Å². The third kappa shape index (κ3) is 3.78. The predicted molar refractivity (Wildman–Crippen MR) is 66.5 cm³/mol. The van der Waals surface area contributed by atoms with Crippen LogP contribution in [0.15, 0.2) is 18.3 Å². The fourth-order valence-electron chi connectivity index (χ4n) is 1.25. The molecule has 0 amide bonds. The molecular weight excluding hydrogens is 186 g/mol. The largest absolute Gasteiger partial charge is 0.382 e. The number of rotatable bonds is 3. The minimum Gasteiger partial charge on any atom is -0.382 e. The van der Waals surface area contributed by atoms with E-state index in [-0.39, 0.29) is 5.41 Å². The summed E-state index contributed by atoms with van der Waals surface area (Å²) in [5, 5.41) is 3.43. The van der Waals surface area contributed by atoms with E-state index in [4.69, 9.17) is 0 Å².